The first-order valence-corrected chi connectivity index (χ1v) is 6.89. The molecule has 0 aliphatic carbocycles. The van der Waals surface area contributed by atoms with Gasteiger partial charge in [0.2, 0.25) is 0 Å². The topological polar surface area (TPSA) is 43.3 Å². The van der Waals surface area contributed by atoms with Gasteiger partial charge in [0.05, 0.1) is 0 Å². The molecule has 4 nitrogen and oxygen atoms in total. The van der Waals surface area contributed by atoms with Gasteiger partial charge in [-0.05, 0) is 11.6 Å². The first-order valence-electron chi connectivity index (χ1n) is 6.89. The Morgan fingerprint density at radius 1 is 1.17 bits per heavy atom. The van der Waals surface area contributed by atoms with Crippen LogP contribution in [-0.2, 0) is 16.6 Å². The van der Waals surface area contributed by atoms with Gasteiger partial charge in [0.1, 0.15) is 0 Å². The third kappa shape index (κ3) is 4.13. The predicted octanol–water partition coefficient (Wildman–Crippen LogP) is 3.13. The number of aromatic nitrogens is 1. The van der Waals surface area contributed by atoms with Gasteiger partial charge < -0.3 is 14.6 Å². The lowest BCUT2D eigenvalue weighted by Gasteiger charge is -2.24. The number of ether oxygens (including phenoxy) is 1. The Kier molecular flexibility index (Phi) is 5.10. The van der Waals surface area contributed by atoms with Crippen molar-refractivity contribution >= 4 is 5.91 Å². The molecular formula is C16H17F3N2O2. The van der Waals surface area contributed by atoms with Crippen molar-refractivity contribution in [2.75, 3.05) is 7.11 Å². The summed E-state index contributed by atoms with van der Waals surface area (Å²) in [6.45, 7) is 0. The molecule has 0 aliphatic heterocycles. The van der Waals surface area contributed by atoms with Gasteiger partial charge in [-0.1, -0.05) is 30.3 Å². The summed E-state index contributed by atoms with van der Waals surface area (Å²) < 4.78 is 46.4. The smallest absolute Gasteiger partial charge is 0.367 e. The SMILES string of the molecule is COC(C(=O)NC(c1ccn(C)c1)C(F)(F)F)c1ccccc1. The molecule has 7 heteroatoms. The zero-order valence-electron chi connectivity index (χ0n) is 12.7. The van der Waals surface area contributed by atoms with Crippen molar-refractivity contribution in [3.63, 3.8) is 0 Å². The highest BCUT2D eigenvalue weighted by Gasteiger charge is 2.43. The fourth-order valence-corrected chi connectivity index (χ4v) is 2.29. The standard InChI is InChI=1S/C16H17F3N2O2/c1-21-9-8-12(10-21)14(16(17,18)19)20-15(22)13(23-2)11-6-4-3-5-7-11/h3-10,13-14H,1-2H3,(H,20,22). The van der Waals surface area contributed by atoms with Gasteiger partial charge in [-0.25, -0.2) is 0 Å². The van der Waals surface area contributed by atoms with Crippen LogP contribution in [-0.4, -0.2) is 23.8 Å². The fraction of sp³-hybridized carbons (Fsp3) is 0.312. The van der Waals surface area contributed by atoms with Crippen molar-refractivity contribution in [1.82, 2.24) is 9.88 Å². The van der Waals surface area contributed by atoms with Crippen LogP contribution in [0.4, 0.5) is 13.2 Å². The first-order chi connectivity index (χ1) is 10.8. The van der Waals surface area contributed by atoms with E-state index in [1.165, 1.54) is 30.1 Å². The van der Waals surface area contributed by atoms with Crippen LogP contribution in [0, 0.1) is 0 Å². The molecule has 1 aromatic carbocycles. The molecule has 0 bridgehead atoms. The van der Waals surface area contributed by atoms with E-state index >= 15 is 0 Å². The molecule has 2 rings (SSSR count). The number of carbonyl (C=O) groups excluding carboxylic acids is 1. The maximum absolute atomic E-state index is 13.3. The highest BCUT2D eigenvalue weighted by atomic mass is 19.4. The number of hydrogen-bond donors (Lipinski definition) is 1. The molecule has 0 radical (unpaired) electrons. The molecule has 0 fully saturated rings. The largest absolute Gasteiger partial charge is 0.412 e. The van der Waals surface area contributed by atoms with Crippen LogP contribution in [0.15, 0.2) is 48.8 Å². The molecule has 0 saturated carbocycles. The summed E-state index contributed by atoms with van der Waals surface area (Å²) >= 11 is 0. The van der Waals surface area contributed by atoms with Crippen LogP contribution in [0.3, 0.4) is 0 Å². The molecule has 2 aromatic rings. The van der Waals surface area contributed by atoms with Gasteiger partial charge in [0.25, 0.3) is 5.91 Å². The van der Waals surface area contributed by atoms with Crippen molar-refractivity contribution < 1.29 is 22.7 Å². The minimum atomic E-state index is -4.61. The van der Waals surface area contributed by atoms with Crippen LogP contribution >= 0.6 is 0 Å². The van der Waals surface area contributed by atoms with E-state index < -0.39 is 24.2 Å². The number of alkyl halides is 3. The lowest BCUT2D eigenvalue weighted by Crippen LogP contribution is -2.40. The van der Waals surface area contributed by atoms with E-state index in [1.807, 2.05) is 5.32 Å². The highest BCUT2D eigenvalue weighted by molar-refractivity contribution is 5.82. The molecule has 23 heavy (non-hydrogen) atoms. The number of nitrogens with one attached hydrogen (secondary N) is 1. The Morgan fingerprint density at radius 3 is 2.30 bits per heavy atom. The van der Waals surface area contributed by atoms with E-state index in [1.54, 1.807) is 37.4 Å². The molecule has 0 spiro atoms. The number of methoxy groups -OCH3 is 1. The minimum absolute atomic E-state index is 0.0312. The number of nitrogens with zero attached hydrogens (tertiary/aromatic N) is 1. The average Bonchev–Trinajstić information content (AvgIpc) is 2.91. The quantitative estimate of drug-likeness (QED) is 0.917. The zero-order chi connectivity index (χ0) is 17.0. The van der Waals surface area contributed by atoms with E-state index in [4.69, 9.17) is 4.74 Å². The normalized spacial score (nSPS) is 14.3. The number of aryl methyl sites for hydroxylation is 1. The summed E-state index contributed by atoms with van der Waals surface area (Å²) in [5.74, 6) is -0.843. The van der Waals surface area contributed by atoms with Crippen molar-refractivity contribution in [2.45, 2.75) is 18.3 Å². The van der Waals surface area contributed by atoms with Crippen molar-refractivity contribution in [3.05, 3.63) is 59.9 Å². The molecule has 2 unspecified atom stereocenters. The Bertz CT molecular complexity index is 653. The first kappa shape index (κ1) is 17.1. The summed E-state index contributed by atoms with van der Waals surface area (Å²) in [6, 6.07) is 7.61. The second-order valence-electron chi connectivity index (χ2n) is 5.12. The second-order valence-corrected chi connectivity index (χ2v) is 5.12. The van der Waals surface area contributed by atoms with E-state index in [-0.39, 0.29) is 5.56 Å². The predicted molar refractivity (Wildman–Crippen MR) is 78.5 cm³/mol. The fourth-order valence-electron chi connectivity index (χ4n) is 2.29. The van der Waals surface area contributed by atoms with Crippen LogP contribution in [0.2, 0.25) is 0 Å². The summed E-state index contributed by atoms with van der Waals surface area (Å²) in [7, 11) is 2.89. The molecule has 1 N–H and O–H groups in total. The second kappa shape index (κ2) is 6.87. The summed E-state index contributed by atoms with van der Waals surface area (Å²) in [4.78, 5) is 12.3. The third-order valence-corrected chi connectivity index (χ3v) is 3.38. The number of rotatable bonds is 5. The van der Waals surface area contributed by atoms with Gasteiger partial charge in [-0.3, -0.25) is 4.79 Å². The van der Waals surface area contributed by atoms with Gasteiger partial charge in [-0.15, -0.1) is 0 Å². The molecule has 0 aliphatic rings. The van der Waals surface area contributed by atoms with Gasteiger partial charge in [0, 0.05) is 32.1 Å². The average molecular weight is 326 g/mol. The monoisotopic (exact) mass is 326 g/mol. The minimum Gasteiger partial charge on any atom is -0.367 e. The Labute approximate surface area is 131 Å². The van der Waals surface area contributed by atoms with Crippen LogP contribution in [0.25, 0.3) is 0 Å². The molecule has 1 aromatic heterocycles. The van der Waals surface area contributed by atoms with Gasteiger partial charge in [0.15, 0.2) is 12.1 Å². The van der Waals surface area contributed by atoms with Crippen molar-refractivity contribution in [1.29, 1.82) is 0 Å². The van der Waals surface area contributed by atoms with Crippen LogP contribution in [0.1, 0.15) is 23.3 Å². The molecule has 2 atom stereocenters. The highest BCUT2D eigenvalue weighted by Crippen LogP contribution is 2.33. The number of carbonyl (C=O) groups is 1. The third-order valence-electron chi connectivity index (χ3n) is 3.38. The Morgan fingerprint density at radius 2 is 1.83 bits per heavy atom. The number of halogens is 3. The molecule has 1 heterocycles. The van der Waals surface area contributed by atoms with Gasteiger partial charge in [-0.2, -0.15) is 13.2 Å². The van der Waals surface area contributed by atoms with Gasteiger partial charge >= 0.3 is 6.18 Å². The molecule has 124 valence electrons. The summed E-state index contributed by atoms with van der Waals surface area (Å²) in [6.07, 6.45) is -2.90. The molecule has 0 saturated heterocycles. The van der Waals surface area contributed by atoms with Crippen molar-refractivity contribution in [2.24, 2.45) is 7.05 Å². The lowest BCUT2D eigenvalue weighted by atomic mass is 10.1. The van der Waals surface area contributed by atoms with E-state index in [0.29, 0.717) is 5.56 Å². The van der Waals surface area contributed by atoms with Crippen molar-refractivity contribution in [3.8, 4) is 0 Å². The maximum atomic E-state index is 13.3. The van der Waals surface area contributed by atoms with E-state index in [9.17, 15) is 18.0 Å². The summed E-state index contributed by atoms with van der Waals surface area (Å²) in [5.41, 5.74) is 0.456. The Balaban J connectivity index is 2.23. The summed E-state index contributed by atoms with van der Waals surface area (Å²) in [5, 5.41) is 2.03. The number of benzene rings is 1. The number of amides is 1. The zero-order valence-corrected chi connectivity index (χ0v) is 12.7. The lowest BCUT2D eigenvalue weighted by molar-refractivity contribution is -0.166. The Hall–Kier alpha value is -2.28. The van der Waals surface area contributed by atoms with E-state index in [2.05, 4.69) is 0 Å². The molecular weight excluding hydrogens is 309 g/mol. The van der Waals surface area contributed by atoms with Crippen LogP contribution < -0.4 is 5.32 Å². The molecule has 1 amide bonds. The van der Waals surface area contributed by atoms with Crippen LogP contribution in [0.5, 0.6) is 0 Å². The number of hydrogen-bond acceptors (Lipinski definition) is 2. The van der Waals surface area contributed by atoms with E-state index in [0.717, 1.165) is 0 Å². The maximum Gasteiger partial charge on any atom is 0.412 e.